The molecule has 106 valence electrons. The lowest BCUT2D eigenvalue weighted by molar-refractivity contribution is 0.461. The second-order valence-corrected chi connectivity index (χ2v) is 4.81. The highest BCUT2D eigenvalue weighted by molar-refractivity contribution is 5.77. The molecule has 0 saturated carbocycles. The molecule has 0 radical (unpaired) electrons. The number of nitrogens with one attached hydrogen (secondary N) is 1. The number of hydrazine groups is 1. The maximum atomic E-state index is 5.90. The van der Waals surface area contributed by atoms with Gasteiger partial charge in [-0.1, -0.05) is 24.3 Å². The Morgan fingerprint density at radius 3 is 2.38 bits per heavy atom. The summed E-state index contributed by atoms with van der Waals surface area (Å²) in [6, 6.07) is 13.5. The summed E-state index contributed by atoms with van der Waals surface area (Å²) in [6.45, 7) is 4.05. The number of benzene rings is 2. The Kier molecular flexibility index (Phi) is 3.41. The number of hydrogen-bond acceptors (Lipinski definition) is 5. The maximum absolute atomic E-state index is 5.90. The second-order valence-electron chi connectivity index (χ2n) is 4.81. The van der Waals surface area contributed by atoms with E-state index < -0.39 is 0 Å². The fourth-order valence-electron chi connectivity index (χ4n) is 2.09. The molecule has 5 heteroatoms. The van der Waals surface area contributed by atoms with Gasteiger partial charge >= 0.3 is 0 Å². The van der Waals surface area contributed by atoms with Crippen molar-refractivity contribution in [3.05, 3.63) is 53.6 Å². The molecule has 0 fully saturated rings. The minimum atomic E-state index is 0.366. The van der Waals surface area contributed by atoms with Gasteiger partial charge in [0.25, 0.3) is 5.88 Å². The van der Waals surface area contributed by atoms with Crippen LogP contribution in [0.1, 0.15) is 11.1 Å². The zero-order valence-corrected chi connectivity index (χ0v) is 11.9. The van der Waals surface area contributed by atoms with Gasteiger partial charge in [-0.3, -0.25) is 0 Å². The number of para-hydroxylation sites is 2. The third kappa shape index (κ3) is 2.51. The summed E-state index contributed by atoms with van der Waals surface area (Å²) in [4.78, 5) is 8.90. The summed E-state index contributed by atoms with van der Waals surface area (Å²) >= 11 is 0. The van der Waals surface area contributed by atoms with Crippen molar-refractivity contribution in [3.63, 3.8) is 0 Å². The van der Waals surface area contributed by atoms with E-state index in [1.165, 1.54) is 0 Å². The van der Waals surface area contributed by atoms with Gasteiger partial charge in [0.15, 0.2) is 0 Å². The van der Waals surface area contributed by atoms with Crippen LogP contribution in [0.15, 0.2) is 42.5 Å². The van der Waals surface area contributed by atoms with Gasteiger partial charge in [0.05, 0.1) is 11.0 Å². The first-order valence-corrected chi connectivity index (χ1v) is 6.66. The third-order valence-electron chi connectivity index (χ3n) is 3.44. The molecule has 3 rings (SSSR count). The molecule has 1 heterocycles. The molecule has 5 nitrogen and oxygen atoms in total. The fraction of sp³-hybridized carbons (Fsp3) is 0.125. The number of hydrogen-bond donors (Lipinski definition) is 2. The summed E-state index contributed by atoms with van der Waals surface area (Å²) < 4.78 is 5.90. The standard InChI is InChI=1S/C16H16N4O/c1-10-6-5-9-14(11(10)2)21-16-15(20-17)18-12-7-3-4-8-13(12)19-16/h3-9H,17H2,1-2H3,(H,18,20). The molecule has 0 saturated heterocycles. The van der Waals surface area contributed by atoms with E-state index >= 15 is 0 Å². The van der Waals surface area contributed by atoms with Gasteiger partial charge in [0, 0.05) is 0 Å². The number of rotatable bonds is 3. The zero-order chi connectivity index (χ0) is 14.8. The topological polar surface area (TPSA) is 73.1 Å². The SMILES string of the molecule is Cc1cccc(Oc2nc3ccccc3nc2NN)c1C. The molecule has 0 bridgehead atoms. The number of nitrogens with two attached hydrogens (primary N) is 1. The van der Waals surface area contributed by atoms with E-state index in [0.29, 0.717) is 11.7 Å². The number of nitrogen functional groups attached to an aromatic ring is 1. The molecular formula is C16H16N4O. The summed E-state index contributed by atoms with van der Waals surface area (Å²) in [7, 11) is 0. The third-order valence-corrected chi connectivity index (χ3v) is 3.44. The summed E-state index contributed by atoms with van der Waals surface area (Å²) in [6.07, 6.45) is 0. The molecule has 2 aromatic carbocycles. The highest BCUT2D eigenvalue weighted by atomic mass is 16.5. The van der Waals surface area contributed by atoms with Crippen LogP contribution < -0.4 is 16.0 Å². The summed E-state index contributed by atoms with van der Waals surface area (Å²) in [5.41, 5.74) is 6.29. The highest BCUT2D eigenvalue weighted by Gasteiger charge is 2.12. The van der Waals surface area contributed by atoms with Gasteiger partial charge in [-0.05, 0) is 43.2 Å². The molecular weight excluding hydrogens is 264 g/mol. The van der Waals surface area contributed by atoms with Crippen molar-refractivity contribution < 1.29 is 4.74 Å². The molecule has 0 spiro atoms. The first-order chi connectivity index (χ1) is 10.2. The van der Waals surface area contributed by atoms with Crippen LogP contribution in [0, 0.1) is 13.8 Å². The largest absolute Gasteiger partial charge is 0.436 e. The zero-order valence-electron chi connectivity index (χ0n) is 11.9. The van der Waals surface area contributed by atoms with E-state index in [1.807, 2.05) is 56.3 Å². The van der Waals surface area contributed by atoms with Crippen LogP contribution in [0.4, 0.5) is 5.82 Å². The molecule has 21 heavy (non-hydrogen) atoms. The Hall–Kier alpha value is -2.66. The molecule has 0 aliphatic rings. The molecule has 0 atom stereocenters. The summed E-state index contributed by atoms with van der Waals surface area (Å²) in [5, 5.41) is 0. The second kappa shape index (κ2) is 5.38. The first-order valence-electron chi connectivity index (χ1n) is 6.66. The molecule has 0 amide bonds. The van der Waals surface area contributed by atoms with E-state index in [1.54, 1.807) is 0 Å². The van der Waals surface area contributed by atoms with Crippen molar-refractivity contribution >= 4 is 16.9 Å². The molecule has 0 aliphatic carbocycles. The van der Waals surface area contributed by atoms with Gasteiger partial charge in [-0.25, -0.2) is 15.8 Å². The predicted molar refractivity (Wildman–Crippen MR) is 83.3 cm³/mol. The lowest BCUT2D eigenvalue weighted by atomic mass is 10.1. The lowest BCUT2D eigenvalue weighted by Crippen LogP contribution is -2.11. The Labute approximate surface area is 122 Å². The molecule has 3 aromatic rings. The van der Waals surface area contributed by atoms with Gasteiger partial charge in [-0.15, -0.1) is 0 Å². The maximum Gasteiger partial charge on any atom is 0.264 e. The van der Waals surface area contributed by atoms with Gasteiger partial charge in [0.2, 0.25) is 5.82 Å². The first kappa shape index (κ1) is 13.3. The van der Waals surface area contributed by atoms with Crippen LogP contribution in [0.25, 0.3) is 11.0 Å². The van der Waals surface area contributed by atoms with E-state index in [9.17, 15) is 0 Å². The number of fused-ring (bicyclic) bond motifs is 1. The fourth-order valence-corrected chi connectivity index (χ4v) is 2.09. The molecule has 0 unspecified atom stereocenters. The van der Waals surface area contributed by atoms with Crippen LogP contribution in [0.5, 0.6) is 11.6 Å². The van der Waals surface area contributed by atoms with Crippen molar-refractivity contribution in [2.75, 3.05) is 5.43 Å². The monoisotopic (exact) mass is 280 g/mol. The highest BCUT2D eigenvalue weighted by Crippen LogP contribution is 2.30. The van der Waals surface area contributed by atoms with Crippen molar-refractivity contribution in [1.82, 2.24) is 9.97 Å². The van der Waals surface area contributed by atoms with E-state index in [0.717, 1.165) is 27.9 Å². The Morgan fingerprint density at radius 1 is 0.952 bits per heavy atom. The normalized spacial score (nSPS) is 10.6. The smallest absolute Gasteiger partial charge is 0.264 e. The van der Waals surface area contributed by atoms with Crippen LogP contribution in [0.2, 0.25) is 0 Å². The lowest BCUT2D eigenvalue weighted by Gasteiger charge is -2.12. The predicted octanol–water partition coefficient (Wildman–Crippen LogP) is 3.32. The van der Waals surface area contributed by atoms with Crippen molar-refractivity contribution in [2.24, 2.45) is 5.84 Å². The van der Waals surface area contributed by atoms with Crippen LogP contribution in [-0.2, 0) is 0 Å². The molecule has 3 N–H and O–H groups in total. The number of nitrogens with zero attached hydrogens (tertiary/aromatic N) is 2. The van der Waals surface area contributed by atoms with E-state index in [2.05, 4.69) is 15.4 Å². The van der Waals surface area contributed by atoms with Crippen LogP contribution in [-0.4, -0.2) is 9.97 Å². The quantitative estimate of drug-likeness (QED) is 0.568. The van der Waals surface area contributed by atoms with Gasteiger partial charge < -0.3 is 10.2 Å². The average molecular weight is 280 g/mol. The average Bonchev–Trinajstić information content (AvgIpc) is 2.51. The van der Waals surface area contributed by atoms with Crippen molar-refractivity contribution in [3.8, 4) is 11.6 Å². The molecule has 0 aliphatic heterocycles. The number of ether oxygens (including phenoxy) is 1. The number of aryl methyl sites for hydroxylation is 1. The van der Waals surface area contributed by atoms with Crippen LogP contribution >= 0.6 is 0 Å². The Morgan fingerprint density at radius 2 is 1.67 bits per heavy atom. The van der Waals surface area contributed by atoms with Gasteiger partial charge in [-0.2, -0.15) is 0 Å². The van der Waals surface area contributed by atoms with E-state index in [-0.39, 0.29) is 0 Å². The minimum Gasteiger partial charge on any atom is -0.436 e. The van der Waals surface area contributed by atoms with Crippen molar-refractivity contribution in [1.29, 1.82) is 0 Å². The van der Waals surface area contributed by atoms with Crippen LogP contribution in [0.3, 0.4) is 0 Å². The number of anilines is 1. The van der Waals surface area contributed by atoms with Crippen molar-refractivity contribution in [2.45, 2.75) is 13.8 Å². The van der Waals surface area contributed by atoms with Gasteiger partial charge in [0.1, 0.15) is 5.75 Å². The number of aromatic nitrogens is 2. The Balaban J connectivity index is 2.09. The van der Waals surface area contributed by atoms with E-state index in [4.69, 9.17) is 10.6 Å². The molecule has 1 aromatic heterocycles. The Bertz CT molecular complexity index is 801. The minimum absolute atomic E-state index is 0.366. The summed E-state index contributed by atoms with van der Waals surface area (Å²) in [5.74, 6) is 7.05.